The molecule has 0 aromatic carbocycles. The molecule has 3 atom stereocenters. The molecule has 0 bridgehead atoms. The quantitative estimate of drug-likeness (QED) is 0.698. The van der Waals surface area contributed by atoms with Gasteiger partial charge >= 0.3 is 0 Å². The summed E-state index contributed by atoms with van der Waals surface area (Å²) in [5.41, 5.74) is 0. The van der Waals surface area contributed by atoms with Crippen molar-refractivity contribution in [1.29, 1.82) is 0 Å². The van der Waals surface area contributed by atoms with E-state index in [4.69, 9.17) is 0 Å². The summed E-state index contributed by atoms with van der Waals surface area (Å²) in [5.74, 6) is 0.736. The number of nitrogens with one attached hydrogen (secondary N) is 1. The van der Waals surface area contributed by atoms with Crippen molar-refractivity contribution in [2.75, 3.05) is 20.3 Å². The molecule has 1 N–H and O–H groups in total. The molecule has 0 aromatic heterocycles. The third-order valence-electron chi connectivity index (χ3n) is 2.94. The molecule has 3 unspecified atom stereocenters. The van der Waals surface area contributed by atoms with Crippen molar-refractivity contribution in [3.05, 3.63) is 0 Å². The van der Waals surface area contributed by atoms with Gasteiger partial charge in [-0.2, -0.15) is 0 Å². The van der Waals surface area contributed by atoms with E-state index >= 15 is 0 Å². The Morgan fingerprint density at radius 2 is 1.79 bits per heavy atom. The van der Waals surface area contributed by atoms with Gasteiger partial charge in [0.05, 0.1) is 0 Å². The van der Waals surface area contributed by atoms with Crippen LogP contribution >= 0.6 is 17.8 Å². The van der Waals surface area contributed by atoms with Gasteiger partial charge in [0, 0.05) is 0 Å². The standard InChI is InChI=1S/C11H27NP2/c1-10(2,14-6)7-9(8-12-5)11(3,4)13/h9,12,14H,7-8,13H2,1-6H3. The van der Waals surface area contributed by atoms with Crippen molar-refractivity contribution in [3.63, 3.8) is 0 Å². The number of hydrogen-bond acceptors (Lipinski definition) is 1. The molecule has 0 aliphatic rings. The number of rotatable bonds is 6. The molecule has 0 saturated heterocycles. The molecular weight excluding hydrogens is 208 g/mol. The topological polar surface area (TPSA) is 12.0 Å². The molecule has 0 spiro atoms. The highest BCUT2D eigenvalue weighted by atomic mass is 31.1. The van der Waals surface area contributed by atoms with E-state index in [9.17, 15) is 0 Å². The zero-order chi connectivity index (χ0) is 11.4. The van der Waals surface area contributed by atoms with Gasteiger partial charge in [0.15, 0.2) is 0 Å². The normalized spacial score (nSPS) is 16.5. The minimum absolute atomic E-state index is 0.333. The Morgan fingerprint density at radius 1 is 1.29 bits per heavy atom. The summed E-state index contributed by atoms with van der Waals surface area (Å²) in [6.45, 7) is 12.8. The molecule has 0 aliphatic heterocycles. The van der Waals surface area contributed by atoms with E-state index in [2.05, 4.69) is 48.9 Å². The van der Waals surface area contributed by atoms with Gasteiger partial charge in [0.25, 0.3) is 0 Å². The summed E-state index contributed by atoms with van der Waals surface area (Å²) in [4.78, 5) is 0. The molecule has 0 aromatic rings. The molecule has 86 valence electrons. The van der Waals surface area contributed by atoms with Crippen molar-refractivity contribution in [3.8, 4) is 0 Å². The Hall–Kier alpha value is 0.820. The highest BCUT2D eigenvalue weighted by molar-refractivity contribution is 7.38. The predicted molar refractivity (Wildman–Crippen MR) is 74.1 cm³/mol. The van der Waals surface area contributed by atoms with Crippen LogP contribution in [0.5, 0.6) is 0 Å². The molecule has 0 radical (unpaired) electrons. The summed E-state index contributed by atoms with van der Waals surface area (Å²) in [6, 6.07) is 0. The van der Waals surface area contributed by atoms with Crippen molar-refractivity contribution >= 4 is 17.8 Å². The van der Waals surface area contributed by atoms with Gasteiger partial charge in [-0.1, -0.05) is 27.7 Å². The Balaban J connectivity index is 4.38. The Labute approximate surface area is 94.2 Å². The molecule has 0 aliphatic carbocycles. The van der Waals surface area contributed by atoms with Crippen molar-refractivity contribution < 1.29 is 0 Å². The average molecular weight is 235 g/mol. The molecule has 0 amide bonds. The van der Waals surface area contributed by atoms with Gasteiger partial charge in [-0.25, -0.2) is 0 Å². The van der Waals surface area contributed by atoms with E-state index in [-0.39, 0.29) is 0 Å². The summed E-state index contributed by atoms with van der Waals surface area (Å²) in [5, 5.41) is 4.14. The lowest BCUT2D eigenvalue weighted by Crippen LogP contribution is -2.36. The molecule has 0 rings (SSSR count). The van der Waals surface area contributed by atoms with Gasteiger partial charge in [0.1, 0.15) is 0 Å². The van der Waals surface area contributed by atoms with Crippen LogP contribution in [0.25, 0.3) is 0 Å². The third kappa shape index (κ3) is 5.64. The predicted octanol–water partition coefficient (Wildman–Crippen LogP) is 2.95. The molecule has 14 heavy (non-hydrogen) atoms. The molecule has 1 nitrogen and oxygen atoms in total. The fraction of sp³-hybridized carbons (Fsp3) is 1.00. The van der Waals surface area contributed by atoms with Gasteiger partial charge in [-0.05, 0) is 42.9 Å². The highest BCUT2D eigenvalue weighted by Gasteiger charge is 2.29. The largest absolute Gasteiger partial charge is 0.319 e. The zero-order valence-corrected chi connectivity index (χ0v) is 12.7. The Kier molecular flexibility index (Phi) is 6.12. The van der Waals surface area contributed by atoms with Gasteiger partial charge in [-0.3, -0.25) is 0 Å². The van der Waals surface area contributed by atoms with E-state index in [0.29, 0.717) is 10.3 Å². The zero-order valence-electron chi connectivity index (χ0n) is 10.6. The first kappa shape index (κ1) is 14.8. The Bertz CT molecular complexity index is 158. The lowest BCUT2D eigenvalue weighted by molar-refractivity contribution is 0.350. The van der Waals surface area contributed by atoms with Crippen LogP contribution in [0.1, 0.15) is 34.1 Å². The van der Waals surface area contributed by atoms with Crippen LogP contribution < -0.4 is 5.32 Å². The molecule has 3 heteroatoms. The summed E-state index contributed by atoms with van der Waals surface area (Å²) in [6.07, 6.45) is 1.30. The van der Waals surface area contributed by atoms with Crippen molar-refractivity contribution in [1.82, 2.24) is 5.32 Å². The second-order valence-corrected chi connectivity index (χ2v) is 8.76. The first-order valence-electron chi connectivity index (χ1n) is 5.35. The highest BCUT2D eigenvalue weighted by Crippen LogP contribution is 2.39. The fourth-order valence-corrected chi connectivity index (χ4v) is 2.25. The van der Waals surface area contributed by atoms with E-state index in [1.54, 1.807) is 0 Å². The lowest BCUT2D eigenvalue weighted by atomic mass is 9.86. The second-order valence-electron chi connectivity index (χ2n) is 5.41. The first-order chi connectivity index (χ1) is 6.23. The molecule has 0 fully saturated rings. The fourth-order valence-electron chi connectivity index (χ4n) is 1.56. The minimum atomic E-state index is 0.333. The molecular formula is C11H27NP2. The van der Waals surface area contributed by atoms with Crippen LogP contribution in [0.15, 0.2) is 0 Å². The maximum atomic E-state index is 3.31. The van der Waals surface area contributed by atoms with E-state index < -0.39 is 0 Å². The van der Waals surface area contributed by atoms with Crippen LogP contribution in [-0.2, 0) is 0 Å². The van der Waals surface area contributed by atoms with E-state index in [1.807, 2.05) is 7.05 Å². The van der Waals surface area contributed by atoms with Crippen LogP contribution in [0.3, 0.4) is 0 Å². The van der Waals surface area contributed by atoms with Crippen LogP contribution in [0.2, 0.25) is 0 Å². The maximum Gasteiger partial charge on any atom is -0.00149 e. The number of hydrogen-bond donors (Lipinski definition) is 1. The molecule has 0 saturated carbocycles. The van der Waals surface area contributed by atoms with E-state index in [1.165, 1.54) is 6.42 Å². The van der Waals surface area contributed by atoms with E-state index in [0.717, 1.165) is 21.0 Å². The summed E-state index contributed by atoms with van der Waals surface area (Å²) in [7, 11) is 6.06. The average Bonchev–Trinajstić information content (AvgIpc) is 2.02. The summed E-state index contributed by atoms with van der Waals surface area (Å²) >= 11 is 0. The maximum absolute atomic E-state index is 3.31. The monoisotopic (exact) mass is 235 g/mol. The lowest BCUT2D eigenvalue weighted by Gasteiger charge is -2.36. The van der Waals surface area contributed by atoms with Gasteiger partial charge in [0.2, 0.25) is 0 Å². The minimum Gasteiger partial charge on any atom is -0.319 e. The SMILES string of the molecule is CNCC(CC(C)(C)PC)C(C)(C)P. The second kappa shape index (κ2) is 5.78. The van der Waals surface area contributed by atoms with Gasteiger partial charge < -0.3 is 5.32 Å². The Morgan fingerprint density at radius 3 is 2.07 bits per heavy atom. The van der Waals surface area contributed by atoms with Gasteiger partial charge in [-0.15, -0.1) is 17.8 Å². The molecule has 0 heterocycles. The smallest absolute Gasteiger partial charge is 0.00149 e. The summed E-state index contributed by atoms with van der Waals surface area (Å²) < 4.78 is 0. The third-order valence-corrected chi connectivity index (χ3v) is 4.97. The van der Waals surface area contributed by atoms with Crippen LogP contribution in [0, 0.1) is 5.92 Å². The van der Waals surface area contributed by atoms with Crippen molar-refractivity contribution in [2.45, 2.75) is 44.4 Å². The van der Waals surface area contributed by atoms with Crippen LogP contribution in [-0.4, -0.2) is 30.6 Å². The van der Waals surface area contributed by atoms with Crippen LogP contribution in [0.4, 0.5) is 0 Å². The first-order valence-corrected chi connectivity index (χ1v) is 7.43. The van der Waals surface area contributed by atoms with Crippen molar-refractivity contribution in [2.24, 2.45) is 5.92 Å².